The van der Waals surface area contributed by atoms with E-state index in [1.807, 2.05) is 28.8 Å². The van der Waals surface area contributed by atoms with Crippen molar-refractivity contribution in [1.29, 1.82) is 0 Å². The first-order valence-electron chi connectivity index (χ1n) is 6.58. The van der Waals surface area contributed by atoms with E-state index in [0.717, 1.165) is 22.5 Å². The van der Waals surface area contributed by atoms with Crippen LogP contribution in [-0.4, -0.2) is 23.8 Å². The van der Waals surface area contributed by atoms with Crippen LogP contribution in [0.2, 0.25) is 0 Å². The van der Waals surface area contributed by atoms with E-state index in [4.69, 9.17) is 21.7 Å². The number of aromatic nitrogens is 2. The first kappa shape index (κ1) is 13.7. The van der Waals surface area contributed by atoms with Crippen LogP contribution in [0.3, 0.4) is 0 Å². The van der Waals surface area contributed by atoms with Crippen LogP contribution in [0.25, 0.3) is 16.7 Å². The summed E-state index contributed by atoms with van der Waals surface area (Å²) in [5, 5.41) is 0. The van der Waals surface area contributed by atoms with E-state index in [0.29, 0.717) is 10.5 Å². The normalized spacial score (nSPS) is 10.8. The lowest BCUT2D eigenvalue weighted by atomic mass is 10.2. The van der Waals surface area contributed by atoms with Crippen molar-refractivity contribution in [3.63, 3.8) is 0 Å². The molecule has 5 heteroatoms. The van der Waals surface area contributed by atoms with Crippen LogP contribution in [0.5, 0.6) is 11.5 Å². The van der Waals surface area contributed by atoms with Crippen molar-refractivity contribution >= 4 is 23.3 Å². The van der Waals surface area contributed by atoms with Gasteiger partial charge in [0, 0.05) is 6.07 Å². The summed E-state index contributed by atoms with van der Waals surface area (Å²) in [6.07, 6.45) is 0. The summed E-state index contributed by atoms with van der Waals surface area (Å²) in [6, 6.07) is 11.9. The number of methoxy groups -OCH3 is 2. The van der Waals surface area contributed by atoms with Crippen LogP contribution in [0.15, 0.2) is 36.4 Å². The maximum absolute atomic E-state index is 5.48. The average Bonchev–Trinajstić information content (AvgIpc) is 2.81. The molecule has 1 heterocycles. The molecule has 0 saturated carbocycles. The number of ether oxygens (including phenoxy) is 2. The molecule has 0 aliphatic heterocycles. The van der Waals surface area contributed by atoms with Gasteiger partial charge in [-0.15, -0.1) is 0 Å². The molecule has 0 radical (unpaired) electrons. The number of aryl methyl sites for hydroxylation is 1. The summed E-state index contributed by atoms with van der Waals surface area (Å²) < 4.78 is 13.3. The molecular formula is C16H16N2O2S. The van der Waals surface area contributed by atoms with Crippen molar-refractivity contribution < 1.29 is 9.47 Å². The van der Waals surface area contributed by atoms with E-state index in [-0.39, 0.29) is 0 Å². The number of nitrogens with one attached hydrogen (secondary N) is 1. The van der Waals surface area contributed by atoms with Crippen molar-refractivity contribution in [2.24, 2.45) is 0 Å². The number of hydrogen-bond donors (Lipinski definition) is 1. The molecule has 3 aromatic rings. The van der Waals surface area contributed by atoms with Crippen LogP contribution in [0.4, 0.5) is 0 Å². The molecule has 0 amide bonds. The first-order valence-corrected chi connectivity index (χ1v) is 6.98. The largest absolute Gasteiger partial charge is 0.497 e. The predicted octanol–water partition coefficient (Wildman–Crippen LogP) is 4.01. The van der Waals surface area contributed by atoms with Crippen LogP contribution >= 0.6 is 12.2 Å². The highest BCUT2D eigenvalue weighted by Gasteiger charge is 2.12. The zero-order valence-corrected chi connectivity index (χ0v) is 13.0. The third-order valence-corrected chi connectivity index (χ3v) is 3.75. The van der Waals surface area contributed by atoms with Crippen LogP contribution < -0.4 is 9.47 Å². The minimum absolute atomic E-state index is 0.638. The molecule has 108 valence electrons. The Morgan fingerprint density at radius 1 is 1.05 bits per heavy atom. The molecule has 0 saturated heterocycles. The van der Waals surface area contributed by atoms with E-state index in [1.54, 1.807) is 14.2 Å². The third kappa shape index (κ3) is 2.29. The van der Waals surface area contributed by atoms with E-state index in [2.05, 4.69) is 24.0 Å². The van der Waals surface area contributed by atoms with Gasteiger partial charge in [-0.05, 0) is 49.0 Å². The molecule has 0 bridgehead atoms. The molecule has 0 fully saturated rings. The van der Waals surface area contributed by atoms with Crippen molar-refractivity contribution in [3.05, 3.63) is 46.7 Å². The zero-order chi connectivity index (χ0) is 15.0. The molecule has 0 unspecified atom stereocenters. The van der Waals surface area contributed by atoms with E-state index in [1.165, 1.54) is 5.56 Å². The van der Waals surface area contributed by atoms with Gasteiger partial charge in [0.15, 0.2) is 4.77 Å². The Labute approximate surface area is 127 Å². The fraction of sp³-hybridized carbons (Fsp3) is 0.188. The molecule has 21 heavy (non-hydrogen) atoms. The van der Waals surface area contributed by atoms with Gasteiger partial charge >= 0.3 is 0 Å². The predicted molar refractivity (Wildman–Crippen MR) is 86.3 cm³/mol. The Bertz CT molecular complexity index is 864. The monoisotopic (exact) mass is 300 g/mol. The topological polar surface area (TPSA) is 39.2 Å². The summed E-state index contributed by atoms with van der Waals surface area (Å²) >= 11 is 5.47. The summed E-state index contributed by atoms with van der Waals surface area (Å²) in [5.41, 5.74) is 4.10. The van der Waals surface area contributed by atoms with Gasteiger partial charge in [0.05, 0.1) is 30.9 Å². The number of H-pyrrole nitrogens is 1. The van der Waals surface area contributed by atoms with Crippen molar-refractivity contribution in [2.45, 2.75) is 6.92 Å². The minimum atomic E-state index is 0.638. The molecule has 0 spiro atoms. The Kier molecular flexibility index (Phi) is 3.43. The highest BCUT2D eigenvalue weighted by Crippen LogP contribution is 2.31. The molecule has 2 aromatic carbocycles. The molecule has 0 aliphatic rings. The summed E-state index contributed by atoms with van der Waals surface area (Å²) in [5.74, 6) is 1.46. The lowest BCUT2D eigenvalue weighted by molar-refractivity contribution is 0.393. The van der Waals surface area contributed by atoms with Gasteiger partial charge in [0.1, 0.15) is 11.5 Å². The molecular weight excluding hydrogens is 284 g/mol. The maximum Gasteiger partial charge on any atom is 0.182 e. The number of benzene rings is 2. The van der Waals surface area contributed by atoms with Gasteiger partial charge in [-0.3, -0.25) is 4.57 Å². The highest BCUT2D eigenvalue weighted by molar-refractivity contribution is 7.71. The number of rotatable bonds is 3. The van der Waals surface area contributed by atoms with Gasteiger partial charge in [-0.1, -0.05) is 6.07 Å². The van der Waals surface area contributed by atoms with E-state index in [9.17, 15) is 0 Å². The molecule has 0 atom stereocenters. The third-order valence-electron chi connectivity index (χ3n) is 3.47. The highest BCUT2D eigenvalue weighted by atomic mass is 32.1. The quantitative estimate of drug-likeness (QED) is 0.743. The lowest BCUT2D eigenvalue weighted by Crippen LogP contribution is -1.99. The second-order valence-corrected chi connectivity index (χ2v) is 5.21. The Balaban J connectivity index is 2.32. The number of aromatic amines is 1. The van der Waals surface area contributed by atoms with E-state index < -0.39 is 0 Å². The lowest BCUT2D eigenvalue weighted by Gasteiger charge is -2.12. The van der Waals surface area contributed by atoms with Gasteiger partial charge in [-0.25, -0.2) is 0 Å². The smallest absolute Gasteiger partial charge is 0.182 e. The summed E-state index contributed by atoms with van der Waals surface area (Å²) in [4.78, 5) is 3.22. The molecule has 3 rings (SSSR count). The number of nitrogens with zero attached hydrogens (tertiary/aromatic N) is 1. The zero-order valence-electron chi connectivity index (χ0n) is 12.1. The molecule has 0 aliphatic carbocycles. The van der Waals surface area contributed by atoms with Gasteiger partial charge in [-0.2, -0.15) is 0 Å². The second-order valence-electron chi connectivity index (χ2n) is 4.82. The Hall–Kier alpha value is -2.27. The second kappa shape index (κ2) is 5.26. The van der Waals surface area contributed by atoms with Crippen molar-refractivity contribution in [2.75, 3.05) is 14.2 Å². The van der Waals surface area contributed by atoms with E-state index >= 15 is 0 Å². The number of hydrogen-bond acceptors (Lipinski definition) is 3. The van der Waals surface area contributed by atoms with Crippen LogP contribution in [-0.2, 0) is 0 Å². The fourth-order valence-electron chi connectivity index (χ4n) is 2.42. The van der Waals surface area contributed by atoms with Gasteiger partial charge < -0.3 is 14.5 Å². The van der Waals surface area contributed by atoms with Crippen molar-refractivity contribution in [3.8, 4) is 17.2 Å². The summed E-state index contributed by atoms with van der Waals surface area (Å²) in [7, 11) is 3.27. The fourth-order valence-corrected chi connectivity index (χ4v) is 2.73. The average molecular weight is 300 g/mol. The van der Waals surface area contributed by atoms with Crippen LogP contribution in [0, 0.1) is 11.7 Å². The Morgan fingerprint density at radius 2 is 1.86 bits per heavy atom. The molecule has 1 N–H and O–H groups in total. The number of imidazole rings is 1. The first-order chi connectivity index (χ1) is 10.1. The number of fused-ring (bicyclic) bond motifs is 1. The van der Waals surface area contributed by atoms with Crippen LogP contribution in [0.1, 0.15) is 5.56 Å². The summed E-state index contributed by atoms with van der Waals surface area (Å²) in [6.45, 7) is 2.06. The molecule has 1 aromatic heterocycles. The Morgan fingerprint density at radius 3 is 2.57 bits per heavy atom. The van der Waals surface area contributed by atoms with Crippen molar-refractivity contribution in [1.82, 2.24) is 9.55 Å². The SMILES string of the molecule is COc1ccc(-n2c(=S)[nH]c3ccc(C)cc32)c(OC)c1. The van der Waals surface area contributed by atoms with Gasteiger partial charge in [0.25, 0.3) is 0 Å². The minimum Gasteiger partial charge on any atom is -0.497 e. The maximum atomic E-state index is 5.48. The molecule has 4 nitrogen and oxygen atoms in total. The van der Waals surface area contributed by atoms with Gasteiger partial charge in [0.2, 0.25) is 0 Å². The standard InChI is InChI=1S/C16H16N2O2S/c1-10-4-6-12-14(8-10)18(16(21)17-12)13-7-5-11(19-2)9-15(13)20-3/h4-9H,1-3H3,(H,17,21).